The van der Waals surface area contributed by atoms with E-state index in [1.807, 2.05) is 12.1 Å². The molecule has 0 saturated carbocycles. The Morgan fingerprint density at radius 1 is 1.09 bits per heavy atom. The van der Waals surface area contributed by atoms with E-state index in [2.05, 4.69) is 24.5 Å². The average molecular weight is 446 g/mol. The van der Waals surface area contributed by atoms with Crippen molar-refractivity contribution in [3.8, 4) is 11.5 Å². The summed E-state index contributed by atoms with van der Waals surface area (Å²) in [7, 11) is 0. The quantitative estimate of drug-likeness (QED) is 0.380. The zero-order chi connectivity index (χ0) is 23.0. The molecule has 1 saturated heterocycles. The largest absolute Gasteiger partial charge is 0.485 e. The fourth-order valence-electron chi connectivity index (χ4n) is 4.17. The van der Waals surface area contributed by atoms with Crippen molar-refractivity contribution in [2.24, 2.45) is 0 Å². The highest BCUT2D eigenvalue weighted by atomic mass is 16.6. The number of fused-ring (bicyclic) bond motifs is 1. The molecule has 1 unspecified atom stereocenters. The van der Waals surface area contributed by atoms with E-state index < -0.39 is 11.6 Å². The van der Waals surface area contributed by atoms with Crippen molar-refractivity contribution in [2.75, 3.05) is 19.7 Å². The minimum Gasteiger partial charge on any atom is -0.485 e. The molecule has 2 heterocycles. The van der Waals surface area contributed by atoms with Gasteiger partial charge in [0, 0.05) is 13.1 Å². The van der Waals surface area contributed by atoms with Crippen LogP contribution in [0, 0.1) is 0 Å². The van der Waals surface area contributed by atoms with Gasteiger partial charge >= 0.3 is 6.03 Å². The number of hydrogen-bond acceptors (Lipinski definition) is 5. The van der Waals surface area contributed by atoms with Crippen LogP contribution < -0.4 is 20.1 Å². The Kier molecular flexibility index (Phi) is 8.36. The Hall–Kier alpha value is -2.77. The molecule has 1 aromatic carbocycles. The summed E-state index contributed by atoms with van der Waals surface area (Å²) in [5.41, 5.74) is -0.744. The molecule has 1 aromatic rings. The molecule has 1 atom stereocenters. The number of rotatable bonds is 12. The summed E-state index contributed by atoms with van der Waals surface area (Å²) in [6, 6.07) is 6.97. The Balaban J connectivity index is 1.42. The van der Waals surface area contributed by atoms with E-state index in [-0.39, 0.29) is 24.5 Å². The summed E-state index contributed by atoms with van der Waals surface area (Å²) in [5, 5.41) is 5.84. The molecule has 3 rings (SSSR count). The highest BCUT2D eigenvalue weighted by Crippen LogP contribution is 2.31. The van der Waals surface area contributed by atoms with E-state index in [1.165, 1.54) is 4.90 Å². The molecule has 1 fully saturated rings. The molecule has 0 aromatic heterocycles. The molecule has 8 nitrogen and oxygen atoms in total. The van der Waals surface area contributed by atoms with Gasteiger partial charge in [-0.1, -0.05) is 51.7 Å². The highest BCUT2D eigenvalue weighted by molar-refractivity contribution is 6.07. The van der Waals surface area contributed by atoms with E-state index in [9.17, 15) is 14.4 Å². The molecule has 0 bridgehead atoms. The number of carbonyl (C=O) groups excluding carboxylic acids is 3. The van der Waals surface area contributed by atoms with Gasteiger partial charge in [0.25, 0.3) is 11.8 Å². The summed E-state index contributed by atoms with van der Waals surface area (Å²) < 4.78 is 11.3. The number of nitrogens with one attached hydrogen (secondary N) is 2. The number of urea groups is 1. The maximum absolute atomic E-state index is 13.1. The minimum atomic E-state index is -0.744. The van der Waals surface area contributed by atoms with Gasteiger partial charge in [-0.15, -0.1) is 0 Å². The third kappa shape index (κ3) is 5.53. The predicted octanol–water partition coefficient (Wildman–Crippen LogP) is 3.39. The number of nitrogens with zero attached hydrogens (tertiary/aromatic N) is 1. The summed E-state index contributed by atoms with van der Waals surface area (Å²) in [6.07, 6.45) is 5.76. The molecule has 0 spiro atoms. The number of ether oxygens (including phenoxy) is 2. The number of carbonyl (C=O) groups is 3. The number of para-hydroxylation sites is 2. The zero-order valence-electron chi connectivity index (χ0n) is 19.2. The number of imide groups is 1. The van der Waals surface area contributed by atoms with Crippen LogP contribution in [0.1, 0.15) is 65.2 Å². The van der Waals surface area contributed by atoms with Crippen LogP contribution in [-0.4, -0.2) is 54.1 Å². The van der Waals surface area contributed by atoms with Crippen molar-refractivity contribution < 1.29 is 23.9 Å². The second kappa shape index (κ2) is 11.2. The Labute approximate surface area is 190 Å². The van der Waals surface area contributed by atoms with E-state index in [4.69, 9.17) is 9.47 Å². The van der Waals surface area contributed by atoms with Crippen molar-refractivity contribution in [2.45, 2.75) is 76.9 Å². The van der Waals surface area contributed by atoms with Crippen molar-refractivity contribution in [1.29, 1.82) is 0 Å². The zero-order valence-corrected chi connectivity index (χ0v) is 19.2. The third-order valence-electron chi connectivity index (χ3n) is 6.07. The lowest BCUT2D eigenvalue weighted by molar-refractivity contribution is -0.132. The summed E-state index contributed by atoms with van der Waals surface area (Å²) >= 11 is 0. The molecule has 4 amide bonds. The van der Waals surface area contributed by atoms with Crippen molar-refractivity contribution in [3.05, 3.63) is 24.3 Å². The standard InChI is InChI=1S/C24H35N3O5/c1-3-5-13-24(14-6-4-2)22(29)27(23(30)26-24)16-10-9-15-25-21(28)20-17-31-18-11-7-8-12-19(18)32-20/h7-8,11-12,20H,3-6,9-10,13-17H2,1-2H3,(H,25,28)(H,26,30). The maximum Gasteiger partial charge on any atom is 0.325 e. The van der Waals surface area contributed by atoms with E-state index in [0.717, 1.165) is 25.7 Å². The lowest BCUT2D eigenvalue weighted by Crippen LogP contribution is -2.47. The fourth-order valence-corrected chi connectivity index (χ4v) is 4.17. The fraction of sp³-hybridized carbons (Fsp3) is 0.625. The molecule has 0 radical (unpaired) electrons. The first kappa shape index (κ1) is 23.9. The van der Waals surface area contributed by atoms with Crippen LogP contribution >= 0.6 is 0 Å². The third-order valence-corrected chi connectivity index (χ3v) is 6.07. The van der Waals surface area contributed by atoms with Gasteiger partial charge in [0.05, 0.1) is 0 Å². The lowest BCUT2D eigenvalue weighted by Gasteiger charge is -2.26. The highest BCUT2D eigenvalue weighted by Gasteiger charge is 2.49. The first-order chi connectivity index (χ1) is 15.5. The van der Waals surface area contributed by atoms with Gasteiger partial charge in [-0.25, -0.2) is 4.79 Å². The van der Waals surface area contributed by atoms with Crippen LogP contribution in [0.4, 0.5) is 4.79 Å². The number of benzene rings is 1. The van der Waals surface area contributed by atoms with Crippen LogP contribution in [0.25, 0.3) is 0 Å². The normalized spacial score (nSPS) is 19.1. The number of hydrogen-bond donors (Lipinski definition) is 2. The van der Waals surface area contributed by atoms with Crippen molar-refractivity contribution in [3.63, 3.8) is 0 Å². The maximum atomic E-state index is 13.1. The Morgan fingerprint density at radius 3 is 2.47 bits per heavy atom. The summed E-state index contributed by atoms with van der Waals surface area (Å²) in [5.74, 6) is 0.874. The van der Waals surface area contributed by atoms with Crippen LogP contribution in [0.3, 0.4) is 0 Å². The van der Waals surface area contributed by atoms with Gasteiger partial charge < -0.3 is 20.1 Å². The van der Waals surface area contributed by atoms with E-state index in [0.29, 0.717) is 50.3 Å². The van der Waals surface area contributed by atoms with Crippen molar-refractivity contribution >= 4 is 17.8 Å². The smallest absolute Gasteiger partial charge is 0.325 e. The van der Waals surface area contributed by atoms with E-state index >= 15 is 0 Å². The second-order valence-corrected chi connectivity index (χ2v) is 8.54. The molecule has 2 aliphatic heterocycles. The molecular formula is C24H35N3O5. The van der Waals surface area contributed by atoms with Crippen molar-refractivity contribution in [1.82, 2.24) is 15.5 Å². The molecule has 0 aliphatic carbocycles. The van der Waals surface area contributed by atoms with Gasteiger partial charge in [0.1, 0.15) is 12.1 Å². The van der Waals surface area contributed by atoms with Crippen LogP contribution in [0.15, 0.2) is 24.3 Å². The summed E-state index contributed by atoms with van der Waals surface area (Å²) in [6.45, 7) is 5.15. The van der Waals surface area contributed by atoms with Gasteiger partial charge in [-0.3, -0.25) is 14.5 Å². The second-order valence-electron chi connectivity index (χ2n) is 8.54. The number of amides is 4. The van der Waals surface area contributed by atoms with E-state index in [1.54, 1.807) is 12.1 Å². The SMILES string of the molecule is CCCCC1(CCCC)NC(=O)N(CCCCNC(=O)C2COc3ccccc3O2)C1=O. The van der Waals surface area contributed by atoms with Gasteiger partial charge in [0.15, 0.2) is 11.5 Å². The van der Waals surface area contributed by atoms with Gasteiger partial charge in [-0.2, -0.15) is 0 Å². The van der Waals surface area contributed by atoms with Gasteiger partial charge in [0.2, 0.25) is 6.10 Å². The molecule has 176 valence electrons. The minimum absolute atomic E-state index is 0.0974. The monoisotopic (exact) mass is 445 g/mol. The molecule has 8 heteroatoms. The first-order valence-electron chi connectivity index (χ1n) is 11.8. The van der Waals surface area contributed by atoms with Crippen LogP contribution in [-0.2, 0) is 9.59 Å². The van der Waals surface area contributed by atoms with Crippen LogP contribution in [0.5, 0.6) is 11.5 Å². The molecule has 2 aliphatic rings. The van der Waals surface area contributed by atoms with Gasteiger partial charge in [-0.05, 0) is 37.8 Å². The molecular weight excluding hydrogens is 410 g/mol. The molecule has 2 N–H and O–H groups in total. The first-order valence-corrected chi connectivity index (χ1v) is 11.8. The lowest BCUT2D eigenvalue weighted by atomic mass is 9.87. The Bertz CT molecular complexity index is 805. The predicted molar refractivity (Wildman–Crippen MR) is 121 cm³/mol. The molecule has 32 heavy (non-hydrogen) atoms. The summed E-state index contributed by atoms with van der Waals surface area (Å²) in [4.78, 5) is 39.3. The number of unbranched alkanes of at least 4 members (excludes halogenated alkanes) is 3. The average Bonchev–Trinajstić information content (AvgIpc) is 3.05. The van der Waals surface area contributed by atoms with Crippen LogP contribution in [0.2, 0.25) is 0 Å². The topological polar surface area (TPSA) is 97.0 Å². The Morgan fingerprint density at radius 2 is 1.78 bits per heavy atom.